The van der Waals surface area contributed by atoms with Crippen molar-refractivity contribution in [3.63, 3.8) is 0 Å². The van der Waals surface area contributed by atoms with Crippen LogP contribution < -0.4 is 5.32 Å². The monoisotopic (exact) mass is 265 g/mol. The van der Waals surface area contributed by atoms with Crippen LogP contribution in [0, 0.1) is 11.6 Å². The molecule has 2 N–H and O–H groups in total. The quantitative estimate of drug-likeness (QED) is 0.868. The number of H-pyrrole nitrogens is 1. The van der Waals surface area contributed by atoms with Gasteiger partial charge in [0.05, 0.1) is 6.04 Å². The van der Waals surface area contributed by atoms with Crippen molar-refractivity contribution in [2.45, 2.75) is 32.4 Å². The smallest absolute Gasteiger partial charge is 0.130 e. The molecule has 0 aliphatic rings. The maximum absolute atomic E-state index is 13.7. The van der Waals surface area contributed by atoms with Gasteiger partial charge in [-0.05, 0) is 25.5 Å². The summed E-state index contributed by atoms with van der Waals surface area (Å²) in [5.74, 6) is -0.297. The van der Waals surface area contributed by atoms with E-state index in [9.17, 15) is 8.78 Å². The maximum Gasteiger partial charge on any atom is 0.130 e. The van der Waals surface area contributed by atoms with Gasteiger partial charge in [0.1, 0.15) is 17.5 Å². The Hall–Kier alpha value is -1.75. The predicted molar refractivity (Wildman–Crippen MR) is 69.5 cm³/mol. The number of aromatic amines is 1. The summed E-state index contributed by atoms with van der Waals surface area (Å²) >= 11 is 0. The molecule has 0 amide bonds. The number of halogens is 2. The zero-order chi connectivity index (χ0) is 13.8. The van der Waals surface area contributed by atoms with Crippen LogP contribution in [-0.2, 0) is 0 Å². The van der Waals surface area contributed by atoms with Crippen LogP contribution in [0.4, 0.5) is 8.78 Å². The molecule has 0 aliphatic carbocycles. The Labute approximate surface area is 111 Å². The first-order valence-corrected chi connectivity index (χ1v) is 6.32. The Morgan fingerprint density at radius 1 is 1.32 bits per heavy atom. The Kier molecular flexibility index (Phi) is 4.27. The third-order valence-electron chi connectivity index (χ3n) is 3.14. The molecule has 0 fully saturated rings. The lowest BCUT2D eigenvalue weighted by molar-refractivity contribution is 0.415. The van der Waals surface area contributed by atoms with Crippen LogP contribution in [0.25, 0.3) is 0 Å². The summed E-state index contributed by atoms with van der Waals surface area (Å²) in [5.41, 5.74) is 0.0625. The normalized spacial score (nSPS) is 14.3. The number of aromatic nitrogens is 2. The summed E-state index contributed by atoms with van der Waals surface area (Å²) < 4.78 is 27.4. The summed E-state index contributed by atoms with van der Waals surface area (Å²) in [5, 5.41) is 3.19. The highest BCUT2D eigenvalue weighted by Gasteiger charge is 2.20. The number of benzene rings is 1. The molecule has 0 saturated heterocycles. The molecule has 2 unspecified atom stereocenters. The highest BCUT2D eigenvalue weighted by Crippen LogP contribution is 2.24. The van der Waals surface area contributed by atoms with Gasteiger partial charge in [0.15, 0.2) is 0 Å². The molecule has 2 atom stereocenters. The molecule has 3 nitrogen and oxygen atoms in total. The molecule has 2 aromatic rings. The molecule has 1 aromatic heterocycles. The molecular formula is C14H17F2N3. The van der Waals surface area contributed by atoms with Crippen LogP contribution in [-0.4, -0.2) is 9.97 Å². The van der Waals surface area contributed by atoms with Gasteiger partial charge in [0.2, 0.25) is 0 Å². The highest BCUT2D eigenvalue weighted by atomic mass is 19.1. The molecule has 19 heavy (non-hydrogen) atoms. The molecule has 5 heteroatoms. The van der Waals surface area contributed by atoms with Crippen LogP contribution in [0.15, 0.2) is 30.6 Å². The fourth-order valence-electron chi connectivity index (χ4n) is 2.17. The standard InChI is InChI=1S/C14H17F2N3/c1-3-12(14-17-7-8-18-14)19-9(2)13-10(15)5-4-6-11(13)16/h4-9,12,19H,3H2,1-2H3,(H,17,18). The van der Waals surface area contributed by atoms with Gasteiger partial charge in [-0.2, -0.15) is 0 Å². The van der Waals surface area contributed by atoms with Crippen LogP contribution in [0.1, 0.15) is 43.7 Å². The molecular weight excluding hydrogens is 248 g/mol. The molecule has 0 saturated carbocycles. The van der Waals surface area contributed by atoms with Gasteiger partial charge < -0.3 is 10.3 Å². The first-order valence-electron chi connectivity index (χ1n) is 6.32. The minimum Gasteiger partial charge on any atom is -0.347 e. The second-order valence-electron chi connectivity index (χ2n) is 4.46. The van der Waals surface area contributed by atoms with Gasteiger partial charge in [0.25, 0.3) is 0 Å². The van der Waals surface area contributed by atoms with Crippen molar-refractivity contribution in [3.8, 4) is 0 Å². The van der Waals surface area contributed by atoms with E-state index in [1.807, 2.05) is 6.92 Å². The lowest BCUT2D eigenvalue weighted by Gasteiger charge is -2.21. The first kappa shape index (κ1) is 13.7. The number of hydrogen-bond acceptors (Lipinski definition) is 2. The number of hydrogen-bond donors (Lipinski definition) is 2. The Morgan fingerprint density at radius 2 is 2.00 bits per heavy atom. The van der Waals surface area contributed by atoms with Crippen LogP contribution >= 0.6 is 0 Å². The van der Waals surface area contributed by atoms with Gasteiger partial charge in [0, 0.05) is 24.0 Å². The van der Waals surface area contributed by atoms with E-state index in [-0.39, 0.29) is 11.6 Å². The van der Waals surface area contributed by atoms with E-state index in [0.29, 0.717) is 0 Å². The van der Waals surface area contributed by atoms with Crippen molar-refractivity contribution in [1.82, 2.24) is 15.3 Å². The van der Waals surface area contributed by atoms with E-state index < -0.39 is 17.7 Å². The SMILES string of the molecule is CCC(NC(C)c1c(F)cccc1F)c1ncc[nH]1. The number of nitrogens with zero attached hydrogens (tertiary/aromatic N) is 1. The second-order valence-corrected chi connectivity index (χ2v) is 4.46. The topological polar surface area (TPSA) is 40.7 Å². The number of rotatable bonds is 5. The van der Waals surface area contributed by atoms with E-state index in [0.717, 1.165) is 12.2 Å². The van der Waals surface area contributed by atoms with Crippen molar-refractivity contribution in [2.75, 3.05) is 0 Å². The summed E-state index contributed by atoms with van der Waals surface area (Å²) in [6.07, 6.45) is 4.16. The summed E-state index contributed by atoms with van der Waals surface area (Å²) in [7, 11) is 0. The summed E-state index contributed by atoms with van der Waals surface area (Å²) in [6, 6.07) is 3.40. The highest BCUT2D eigenvalue weighted by molar-refractivity contribution is 5.23. The van der Waals surface area contributed by atoms with Gasteiger partial charge >= 0.3 is 0 Å². The summed E-state index contributed by atoms with van der Waals surface area (Å²) in [4.78, 5) is 7.19. The Morgan fingerprint density at radius 3 is 2.53 bits per heavy atom. The number of nitrogens with one attached hydrogen (secondary N) is 2. The maximum atomic E-state index is 13.7. The fourth-order valence-corrected chi connectivity index (χ4v) is 2.17. The van der Waals surface area contributed by atoms with E-state index >= 15 is 0 Å². The van der Waals surface area contributed by atoms with Crippen molar-refractivity contribution >= 4 is 0 Å². The van der Waals surface area contributed by atoms with Crippen LogP contribution in [0.3, 0.4) is 0 Å². The lowest BCUT2D eigenvalue weighted by atomic mass is 10.0. The van der Waals surface area contributed by atoms with E-state index in [1.54, 1.807) is 19.3 Å². The summed E-state index contributed by atoms with van der Waals surface area (Å²) in [6.45, 7) is 3.73. The number of imidazole rings is 1. The van der Waals surface area contributed by atoms with Gasteiger partial charge in [-0.25, -0.2) is 13.8 Å². The predicted octanol–water partition coefficient (Wildman–Crippen LogP) is 3.49. The zero-order valence-corrected chi connectivity index (χ0v) is 11.0. The lowest BCUT2D eigenvalue weighted by Crippen LogP contribution is -2.26. The minimum absolute atomic E-state index is 0.0625. The van der Waals surface area contributed by atoms with E-state index in [4.69, 9.17) is 0 Å². The average Bonchev–Trinajstić information content (AvgIpc) is 2.89. The van der Waals surface area contributed by atoms with Gasteiger partial charge in [-0.1, -0.05) is 13.0 Å². The third-order valence-corrected chi connectivity index (χ3v) is 3.14. The molecule has 1 heterocycles. The zero-order valence-electron chi connectivity index (χ0n) is 11.0. The van der Waals surface area contributed by atoms with E-state index in [1.165, 1.54) is 18.2 Å². The van der Waals surface area contributed by atoms with Crippen molar-refractivity contribution < 1.29 is 8.78 Å². The Bertz CT molecular complexity index is 505. The molecule has 0 spiro atoms. The van der Waals surface area contributed by atoms with Crippen molar-refractivity contribution in [1.29, 1.82) is 0 Å². The van der Waals surface area contributed by atoms with E-state index in [2.05, 4.69) is 15.3 Å². The molecule has 0 radical (unpaired) electrons. The first-order chi connectivity index (χ1) is 9.13. The molecule has 1 aromatic carbocycles. The Balaban J connectivity index is 2.18. The third kappa shape index (κ3) is 2.98. The van der Waals surface area contributed by atoms with Gasteiger partial charge in [-0.3, -0.25) is 0 Å². The molecule has 0 bridgehead atoms. The minimum atomic E-state index is -0.533. The fraction of sp³-hybridized carbons (Fsp3) is 0.357. The molecule has 2 rings (SSSR count). The average molecular weight is 265 g/mol. The van der Waals surface area contributed by atoms with Crippen molar-refractivity contribution in [2.24, 2.45) is 0 Å². The van der Waals surface area contributed by atoms with Gasteiger partial charge in [-0.15, -0.1) is 0 Å². The largest absolute Gasteiger partial charge is 0.347 e. The second kappa shape index (κ2) is 5.93. The van der Waals surface area contributed by atoms with Crippen molar-refractivity contribution in [3.05, 3.63) is 53.6 Å². The van der Waals surface area contributed by atoms with Crippen LogP contribution in [0.5, 0.6) is 0 Å². The van der Waals surface area contributed by atoms with Crippen LogP contribution in [0.2, 0.25) is 0 Å². The molecule has 102 valence electrons. The molecule has 0 aliphatic heterocycles.